The van der Waals surface area contributed by atoms with Crippen molar-refractivity contribution in [1.82, 2.24) is 10.2 Å². The summed E-state index contributed by atoms with van der Waals surface area (Å²) in [6, 6.07) is 0. The van der Waals surface area contributed by atoms with E-state index in [0.29, 0.717) is 5.41 Å². The molecule has 1 spiro atoms. The van der Waals surface area contributed by atoms with Crippen molar-refractivity contribution in [3.8, 4) is 0 Å². The Hall–Kier alpha value is -0.770. The van der Waals surface area contributed by atoms with E-state index in [1.807, 2.05) is 0 Å². The molecule has 1 N–H and O–H groups in total. The lowest BCUT2D eigenvalue weighted by molar-refractivity contribution is 0.151. The van der Waals surface area contributed by atoms with Crippen LogP contribution in [-0.4, -0.2) is 50.8 Å². The first-order valence-corrected chi connectivity index (χ1v) is 8.32. The Morgan fingerprint density at radius 2 is 2.10 bits per heavy atom. The first-order valence-electron chi connectivity index (χ1n) is 8.32. The molecule has 0 atom stereocenters. The molecular weight excluding hydrogens is 250 g/mol. The molecule has 2 rings (SSSR count). The zero-order chi connectivity index (χ0) is 14.3. The van der Waals surface area contributed by atoms with Crippen molar-refractivity contribution < 1.29 is 4.74 Å². The third-order valence-electron chi connectivity index (χ3n) is 4.76. The molecule has 1 aliphatic heterocycles. The van der Waals surface area contributed by atoms with Crippen LogP contribution in [0, 0.1) is 5.41 Å². The van der Waals surface area contributed by atoms with Gasteiger partial charge in [-0.05, 0) is 50.9 Å². The van der Waals surface area contributed by atoms with E-state index in [1.54, 1.807) is 7.11 Å². The van der Waals surface area contributed by atoms with Crippen LogP contribution in [0.5, 0.6) is 0 Å². The molecule has 20 heavy (non-hydrogen) atoms. The van der Waals surface area contributed by atoms with Crippen molar-refractivity contribution >= 4 is 5.96 Å². The molecule has 0 aromatic heterocycles. The highest BCUT2D eigenvalue weighted by molar-refractivity contribution is 5.80. The first-order chi connectivity index (χ1) is 9.79. The number of guanidine groups is 1. The van der Waals surface area contributed by atoms with Crippen LogP contribution in [0.2, 0.25) is 0 Å². The van der Waals surface area contributed by atoms with Crippen molar-refractivity contribution in [3.05, 3.63) is 0 Å². The number of ether oxygens (including phenoxy) is 1. The van der Waals surface area contributed by atoms with Gasteiger partial charge < -0.3 is 15.0 Å². The number of unbranched alkanes of at least 4 members (excludes halogenated alkanes) is 2. The number of methoxy groups -OCH3 is 1. The van der Waals surface area contributed by atoms with Gasteiger partial charge in [0.05, 0.1) is 0 Å². The molecule has 116 valence electrons. The zero-order valence-corrected chi connectivity index (χ0v) is 13.3. The van der Waals surface area contributed by atoms with Gasteiger partial charge in [0, 0.05) is 39.9 Å². The van der Waals surface area contributed by atoms with E-state index in [0.717, 1.165) is 38.5 Å². The van der Waals surface area contributed by atoms with Crippen molar-refractivity contribution in [2.24, 2.45) is 10.4 Å². The van der Waals surface area contributed by atoms with Gasteiger partial charge >= 0.3 is 0 Å². The second-order valence-corrected chi connectivity index (χ2v) is 6.31. The summed E-state index contributed by atoms with van der Waals surface area (Å²) in [5, 5.41) is 3.46. The number of hydrogen-bond donors (Lipinski definition) is 1. The Morgan fingerprint density at radius 3 is 2.70 bits per heavy atom. The number of aliphatic imine (C=N–C) groups is 1. The first kappa shape index (κ1) is 15.6. The van der Waals surface area contributed by atoms with Gasteiger partial charge in [-0.25, -0.2) is 0 Å². The van der Waals surface area contributed by atoms with E-state index < -0.39 is 0 Å². The SMILES string of the molecule is CCNC(=NCCCCCOC)N1CCC2(CCC2)C1. The smallest absolute Gasteiger partial charge is 0.193 e. The Bertz CT molecular complexity index is 313. The monoisotopic (exact) mass is 281 g/mol. The number of hydrogen-bond acceptors (Lipinski definition) is 2. The highest BCUT2D eigenvalue weighted by Crippen LogP contribution is 2.47. The van der Waals surface area contributed by atoms with Gasteiger partial charge in [-0.15, -0.1) is 0 Å². The second kappa shape index (κ2) is 7.87. The predicted octanol–water partition coefficient (Wildman–Crippen LogP) is 2.64. The Balaban J connectivity index is 1.74. The van der Waals surface area contributed by atoms with Crippen LogP contribution in [0.3, 0.4) is 0 Å². The van der Waals surface area contributed by atoms with Gasteiger partial charge in [0.2, 0.25) is 0 Å². The molecule has 2 aliphatic rings. The van der Waals surface area contributed by atoms with Crippen LogP contribution in [0.15, 0.2) is 4.99 Å². The molecule has 4 nitrogen and oxygen atoms in total. The maximum atomic E-state index is 5.07. The summed E-state index contributed by atoms with van der Waals surface area (Å²) >= 11 is 0. The number of nitrogens with zero attached hydrogens (tertiary/aromatic N) is 2. The van der Waals surface area contributed by atoms with Crippen LogP contribution in [0.1, 0.15) is 51.9 Å². The highest BCUT2D eigenvalue weighted by Gasteiger charge is 2.43. The molecule has 1 aliphatic carbocycles. The lowest BCUT2D eigenvalue weighted by Gasteiger charge is -2.38. The number of likely N-dealkylation sites (tertiary alicyclic amines) is 1. The van der Waals surface area contributed by atoms with E-state index in [1.165, 1.54) is 45.2 Å². The van der Waals surface area contributed by atoms with Crippen molar-refractivity contribution in [2.45, 2.75) is 51.9 Å². The molecule has 2 fully saturated rings. The molecule has 4 heteroatoms. The maximum Gasteiger partial charge on any atom is 0.193 e. The second-order valence-electron chi connectivity index (χ2n) is 6.31. The van der Waals surface area contributed by atoms with Crippen molar-refractivity contribution in [3.63, 3.8) is 0 Å². The quantitative estimate of drug-likeness (QED) is 0.443. The summed E-state index contributed by atoms with van der Waals surface area (Å²) in [5.41, 5.74) is 0.647. The minimum absolute atomic E-state index is 0.647. The van der Waals surface area contributed by atoms with E-state index in [2.05, 4.69) is 17.1 Å². The minimum atomic E-state index is 0.647. The van der Waals surface area contributed by atoms with Crippen LogP contribution >= 0.6 is 0 Å². The fourth-order valence-electron chi connectivity index (χ4n) is 3.35. The topological polar surface area (TPSA) is 36.9 Å². The van der Waals surface area contributed by atoms with E-state index in [4.69, 9.17) is 9.73 Å². The molecule has 0 aromatic rings. The fourth-order valence-corrected chi connectivity index (χ4v) is 3.35. The summed E-state index contributed by atoms with van der Waals surface area (Å²) in [7, 11) is 1.77. The van der Waals surface area contributed by atoms with Gasteiger partial charge in [0.25, 0.3) is 0 Å². The molecule has 0 aromatic carbocycles. The molecule has 0 amide bonds. The standard InChI is InChI=1S/C16H31N3O/c1-3-17-15(18-11-5-4-6-13-20-2)19-12-10-16(14-19)8-7-9-16/h3-14H2,1-2H3,(H,17,18). The van der Waals surface area contributed by atoms with Gasteiger partial charge in [0.1, 0.15) is 0 Å². The van der Waals surface area contributed by atoms with Gasteiger partial charge in [-0.3, -0.25) is 4.99 Å². The molecular formula is C16H31N3O. The van der Waals surface area contributed by atoms with Crippen LogP contribution < -0.4 is 5.32 Å². The maximum absolute atomic E-state index is 5.07. The van der Waals surface area contributed by atoms with Crippen molar-refractivity contribution in [2.75, 3.05) is 39.9 Å². The predicted molar refractivity (Wildman–Crippen MR) is 84.2 cm³/mol. The lowest BCUT2D eigenvalue weighted by atomic mass is 9.68. The van der Waals surface area contributed by atoms with Crippen LogP contribution in [0.4, 0.5) is 0 Å². The van der Waals surface area contributed by atoms with E-state index >= 15 is 0 Å². The average Bonchev–Trinajstić information content (AvgIpc) is 2.87. The normalized spacial score (nSPS) is 21.3. The summed E-state index contributed by atoms with van der Waals surface area (Å²) in [6.07, 6.45) is 9.18. The summed E-state index contributed by atoms with van der Waals surface area (Å²) in [5.74, 6) is 1.14. The Labute approximate surface area is 124 Å². The van der Waals surface area contributed by atoms with E-state index in [9.17, 15) is 0 Å². The Kier molecular flexibility index (Phi) is 6.14. The molecule has 0 radical (unpaired) electrons. The molecule has 1 heterocycles. The summed E-state index contributed by atoms with van der Waals surface area (Å²) < 4.78 is 5.07. The highest BCUT2D eigenvalue weighted by atomic mass is 16.5. The fraction of sp³-hybridized carbons (Fsp3) is 0.938. The minimum Gasteiger partial charge on any atom is -0.385 e. The van der Waals surface area contributed by atoms with Crippen LogP contribution in [0.25, 0.3) is 0 Å². The van der Waals surface area contributed by atoms with Crippen molar-refractivity contribution in [1.29, 1.82) is 0 Å². The van der Waals surface area contributed by atoms with E-state index in [-0.39, 0.29) is 0 Å². The van der Waals surface area contributed by atoms with Gasteiger partial charge in [-0.2, -0.15) is 0 Å². The zero-order valence-electron chi connectivity index (χ0n) is 13.3. The average molecular weight is 281 g/mol. The molecule has 0 unspecified atom stereocenters. The summed E-state index contributed by atoms with van der Waals surface area (Å²) in [4.78, 5) is 7.29. The molecule has 1 saturated carbocycles. The lowest BCUT2D eigenvalue weighted by Crippen LogP contribution is -2.42. The molecule has 0 bridgehead atoms. The number of rotatable bonds is 7. The third-order valence-corrected chi connectivity index (χ3v) is 4.76. The van der Waals surface area contributed by atoms with Crippen LogP contribution in [-0.2, 0) is 4.74 Å². The van der Waals surface area contributed by atoms with Gasteiger partial charge in [-0.1, -0.05) is 6.42 Å². The number of nitrogens with one attached hydrogen (secondary N) is 1. The Morgan fingerprint density at radius 1 is 1.25 bits per heavy atom. The third kappa shape index (κ3) is 4.11. The van der Waals surface area contributed by atoms with Gasteiger partial charge in [0.15, 0.2) is 5.96 Å². The largest absolute Gasteiger partial charge is 0.385 e. The molecule has 1 saturated heterocycles. The summed E-state index contributed by atoms with van der Waals surface area (Å²) in [6.45, 7) is 7.35.